The number of aliphatic imine (C=N–C) groups is 1. The fourth-order valence-corrected chi connectivity index (χ4v) is 5.77. The van der Waals surface area contributed by atoms with Crippen LogP contribution < -0.4 is 0 Å². The zero-order chi connectivity index (χ0) is 16.5. The van der Waals surface area contributed by atoms with Crippen LogP contribution in [0.4, 0.5) is 5.69 Å². The van der Waals surface area contributed by atoms with E-state index in [2.05, 4.69) is 36.1 Å². The van der Waals surface area contributed by atoms with Gasteiger partial charge in [0.05, 0.1) is 24.1 Å². The van der Waals surface area contributed by atoms with E-state index in [1.54, 1.807) is 0 Å². The fourth-order valence-electron chi connectivity index (χ4n) is 5.77. The second-order valence-electron chi connectivity index (χ2n) is 7.43. The van der Waals surface area contributed by atoms with Crippen LogP contribution in [0.3, 0.4) is 0 Å². The van der Waals surface area contributed by atoms with Crippen molar-refractivity contribution in [3.8, 4) is 0 Å². The van der Waals surface area contributed by atoms with Gasteiger partial charge in [-0.05, 0) is 37.3 Å². The second-order valence-corrected chi connectivity index (χ2v) is 7.43. The van der Waals surface area contributed by atoms with E-state index >= 15 is 0 Å². The Morgan fingerprint density at radius 3 is 3.04 bits per heavy atom. The summed E-state index contributed by atoms with van der Waals surface area (Å²) in [6.45, 7) is 4.09. The third kappa shape index (κ3) is 1.53. The molecule has 3 fully saturated rings. The molecular weight excluding hydrogens is 300 g/mol. The van der Waals surface area contributed by atoms with Crippen molar-refractivity contribution in [3.63, 3.8) is 0 Å². The summed E-state index contributed by atoms with van der Waals surface area (Å²) in [5, 5.41) is 0. The smallest absolute Gasteiger partial charge is 0.310 e. The van der Waals surface area contributed by atoms with Gasteiger partial charge in [0.25, 0.3) is 0 Å². The maximum Gasteiger partial charge on any atom is 0.310 e. The maximum atomic E-state index is 12.9. The normalized spacial score (nSPS) is 37.8. The van der Waals surface area contributed by atoms with E-state index in [4.69, 9.17) is 9.73 Å². The first-order chi connectivity index (χ1) is 11.7. The lowest BCUT2D eigenvalue weighted by Crippen LogP contribution is -2.68. The van der Waals surface area contributed by atoms with Crippen LogP contribution in [0.15, 0.2) is 40.9 Å². The number of carbonyl (C=O) groups excluding carboxylic acids is 1. The molecule has 3 bridgehead atoms. The number of nitrogens with zero attached hydrogens (tertiary/aromatic N) is 2. The standard InChI is InChI=1S/C20H22N2O2/c1-3-12-11-22-9-8-20-14-6-4-5-7-15(14)21-18(20)16(22)10-13(12)17(20)19(23)24-2/h3-7,13,16-17H,8-11H2,1-2H3/t13-,16-,17+,20-/m0/s1. The Kier molecular flexibility index (Phi) is 2.88. The van der Waals surface area contributed by atoms with Crippen molar-refractivity contribution < 1.29 is 9.53 Å². The van der Waals surface area contributed by atoms with E-state index in [1.807, 2.05) is 6.07 Å². The van der Waals surface area contributed by atoms with E-state index in [-0.39, 0.29) is 23.2 Å². The quantitative estimate of drug-likeness (QED) is 0.590. The maximum absolute atomic E-state index is 12.9. The summed E-state index contributed by atoms with van der Waals surface area (Å²) in [5.41, 5.74) is 4.64. The summed E-state index contributed by atoms with van der Waals surface area (Å²) in [5.74, 6) is 0.0569. The molecule has 0 N–H and O–H groups in total. The highest BCUT2D eigenvalue weighted by Crippen LogP contribution is 2.60. The molecule has 5 rings (SSSR count). The SMILES string of the molecule is CC=C1CN2CC[C@]34C(=Nc5ccccc53)[C@@H]2C[C@@H]1[C@@H]4C(=O)OC. The van der Waals surface area contributed by atoms with Crippen LogP contribution in [0.5, 0.6) is 0 Å². The molecule has 1 saturated carbocycles. The lowest BCUT2D eigenvalue weighted by atomic mass is 9.51. The number of benzene rings is 1. The molecule has 4 nitrogen and oxygen atoms in total. The molecule has 0 unspecified atom stereocenters. The average molecular weight is 322 g/mol. The van der Waals surface area contributed by atoms with Crippen molar-refractivity contribution in [2.45, 2.75) is 31.2 Å². The van der Waals surface area contributed by atoms with Crippen LogP contribution in [-0.2, 0) is 14.9 Å². The summed E-state index contributed by atoms with van der Waals surface area (Å²) >= 11 is 0. The number of methoxy groups -OCH3 is 1. The van der Waals surface area contributed by atoms with Crippen molar-refractivity contribution in [3.05, 3.63) is 41.5 Å². The van der Waals surface area contributed by atoms with Gasteiger partial charge in [0.1, 0.15) is 0 Å². The number of allylic oxidation sites excluding steroid dienone is 1. The van der Waals surface area contributed by atoms with Crippen LogP contribution in [0, 0.1) is 11.8 Å². The number of fused-ring (bicyclic) bond motifs is 2. The van der Waals surface area contributed by atoms with Gasteiger partial charge in [-0.25, -0.2) is 0 Å². The van der Waals surface area contributed by atoms with E-state index in [1.165, 1.54) is 24.0 Å². The van der Waals surface area contributed by atoms with E-state index in [0.717, 1.165) is 31.6 Å². The largest absolute Gasteiger partial charge is 0.469 e. The number of ether oxygens (including phenoxy) is 1. The molecule has 0 spiro atoms. The van der Waals surface area contributed by atoms with E-state index in [0.29, 0.717) is 6.04 Å². The summed E-state index contributed by atoms with van der Waals surface area (Å²) in [6.07, 6.45) is 4.17. The minimum atomic E-state index is -0.261. The molecule has 24 heavy (non-hydrogen) atoms. The predicted octanol–water partition coefficient (Wildman–Crippen LogP) is 2.85. The number of hydrogen-bond donors (Lipinski definition) is 0. The highest BCUT2D eigenvalue weighted by atomic mass is 16.5. The van der Waals surface area contributed by atoms with E-state index < -0.39 is 0 Å². The molecule has 4 aliphatic rings. The first-order valence-electron chi connectivity index (χ1n) is 8.86. The van der Waals surface area contributed by atoms with Gasteiger partial charge in [-0.15, -0.1) is 0 Å². The minimum Gasteiger partial charge on any atom is -0.469 e. The molecule has 1 aromatic rings. The van der Waals surface area contributed by atoms with Crippen molar-refractivity contribution in [2.75, 3.05) is 20.2 Å². The van der Waals surface area contributed by atoms with Crippen LogP contribution in [0.2, 0.25) is 0 Å². The Morgan fingerprint density at radius 1 is 1.42 bits per heavy atom. The van der Waals surface area contributed by atoms with Gasteiger partial charge in [-0.2, -0.15) is 0 Å². The monoisotopic (exact) mass is 322 g/mol. The Balaban J connectivity index is 1.79. The highest BCUT2D eigenvalue weighted by Gasteiger charge is 2.65. The molecule has 0 radical (unpaired) electrons. The van der Waals surface area contributed by atoms with Gasteiger partial charge in [0, 0.05) is 24.8 Å². The molecule has 4 heteroatoms. The van der Waals surface area contributed by atoms with Crippen LogP contribution in [0.25, 0.3) is 0 Å². The number of rotatable bonds is 1. The molecule has 1 aliphatic carbocycles. The van der Waals surface area contributed by atoms with Gasteiger partial charge in [-0.1, -0.05) is 29.8 Å². The summed E-state index contributed by atoms with van der Waals surface area (Å²) in [4.78, 5) is 20.5. The topological polar surface area (TPSA) is 41.9 Å². The second kappa shape index (κ2) is 4.79. The van der Waals surface area contributed by atoms with Gasteiger partial charge in [-0.3, -0.25) is 14.7 Å². The number of para-hydroxylation sites is 1. The zero-order valence-electron chi connectivity index (χ0n) is 14.2. The van der Waals surface area contributed by atoms with Gasteiger partial charge in [0.2, 0.25) is 0 Å². The number of hydrogen-bond acceptors (Lipinski definition) is 4. The molecule has 3 aliphatic heterocycles. The summed E-state index contributed by atoms with van der Waals surface area (Å²) in [6, 6.07) is 8.76. The van der Waals surface area contributed by atoms with Crippen molar-refractivity contribution in [1.29, 1.82) is 0 Å². The Hall–Kier alpha value is -1.94. The van der Waals surface area contributed by atoms with Gasteiger partial charge >= 0.3 is 5.97 Å². The lowest BCUT2D eigenvalue weighted by molar-refractivity contribution is -0.151. The van der Waals surface area contributed by atoms with E-state index in [9.17, 15) is 4.79 Å². The zero-order valence-corrected chi connectivity index (χ0v) is 14.2. The van der Waals surface area contributed by atoms with Crippen molar-refractivity contribution in [1.82, 2.24) is 4.90 Å². The third-order valence-electron chi connectivity index (χ3n) is 6.73. The molecule has 4 atom stereocenters. The Labute approximate surface area is 142 Å². The highest BCUT2D eigenvalue weighted by molar-refractivity contribution is 6.09. The van der Waals surface area contributed by atoms with Crippen LogP contribution in [-0.4, -0.2) is 42.8 Å². The molecule has 2 saturated heterocycles. The fraction of sp³-hybridized carbons (Fsp3) is 0.500. The van der Waals surface area contributed by atoms with Gasteiger partial charge < -0.3 is 4.74 Å². The molecular formula is C20H22N2O2. The molecule has 3 heterocycles. The van der Waals surface area contributed by atoms with Crippen molar-refractivity contribution >= 4 is 17.4 Å². The predicted molar refractivity (Wildman–Crippen MR) is 92.6 cm³/mol. The number of carbonyl (C=O) groups is 1. The molecule has 124 valence electrons. The van der Waals surface area contributed by atoms with Crippen LogP contribution in [0.1, 0.15) is 25.3 Å². The lowest BCUT2D eigenvalue weighted by Gasteiger charge is -2.59. The minimum absolute atomic E-state index is 0.0717. The van der Waals surface area contributed by atoms with Gasteiger partial charge in [0.15, 0.2) is 0 Å². The first kappa shape index (κ1) is 14.4. The Morgan fingerprint density at radius 2 is 2.25 bits per heavy atom. The Bertz CT molecular complexity index is 797. The van der Waals surface area contributed by atoms with Crippen molar-refractivity contribution in [2.24, 2.45) is 16.8 Å². The summed E-state index contributed by atoms with van der Waals surface area (Å²) in [7, 11) is 1.52. The average Bonchev–Trinajstić information content (AvgIpc) is 2.96. The van der Waals surface area contributed by atoms with Crippen LogP contribution >= 0.6 is 0 Å². The first-order valence-corrected chi connectivity index (χ1v) is 8.86. The third-order valence-corrected chi connectivity index (χ3v) is 6.73. The molecule has 0 aromatic heterocycles. The summed E-state index contributed by atoms with van der Waals surface area (Å²) < 4.78 is 5.31. The molecule has 1 aromatic carbocycles. The molecule has 0 amide bonds. The number of piperidine rings is 2. The number of esters is 1.